The van der Waals surface area contributed by atoms with Crippen molar-refractivity contribution in [3.8, 4) is 0 Å². The first-order valence-electron chi connectivity index (χ1n) is 9.91. The lowest BCUT2D eigenvalue weighted by atomic mass is 10.2. The summed E-state index contributed by atoms with van der Waals surface area (Å²) in [5.74, 6) is -0.280. The van der Waals surface area contributed by atoms with Crippen molar-refractivity contribution in [3.63, 3.8) is 0 Å². The van der Waals surface area contributed by atoms with Gasteiger partial charge in [0.15, 0.2) is 14.6 Å². The number of thioether (sulfide) groups is 1. The molecule has 0 spiro atoms. The molecule has 0 fully saturated rings. The minimum Gasteiger partial charge on any atom is -0.316 e. The molecular formula is C22H26N2O3S3. The van der Waals surface area contributed by atoms with Crippen molar-refractivity contribution in [2.45, 2.75) is 43.4 Å². The maximum atomic E-state index is 12.4. The maximum absolute atomic E-state index is 12.4. The van der Waals surface area contributed by atoms with Crippen LogP contribution >= 0.6 is 23.1 Å². The van der Waals surface area contributed by atoms with E-state index < -0.39 is 9.84 Å². The van der Waals surface area contributed by atoms with Crippen LogP contribution in [0.25, 0.3) is 10.2 Å². The van der Waals surface area contributed by atoms with Crippen LogP contribution in [0.1, 0.15) is 31.7 Å². The zero-order valence-electron chi connectivity index (χ0n) is 17.2. The number of carbonyl (C=O) groups is 1. The highest BCUT2D eigenvalue weighted by atomic mass is 32.2. The smallest absolute Gasteiger partial charge is 0.248 e. The molecule has 30 heavy (non-hydrogen) atoms. The van der Waals surface area contributed by atoms with Crippen LogP contribution in [0.4, 0.5) is 0 Å². The number of benzene rings is 2. The Balaban J connectivity index is 1.70. The molecule has 0 bridgehead atoms. The van der Waals surface area contributed by atoms with Gasteiger partial charge in [-0.05, 0) is 42.9 Å². The van der Waals surface area contributed by atoms with Crippen LogP contribution in [-0.2, 0) is 26.9 Å². The number of aromatic nitrogens is 1. The number of amides is 1. The number of carbonyl (C=O) groups excluding carboxylic acids is 1. The first-order valence-corrected chi connectivity index (χ1v) is 13.8. The van der Waals surface area contributed by atoms with Gasteiger partial charge in [-0.2, -0.15) is 4.99 Å². The summed E-state index contributed by atoms with van der Waals surface area (Å²) >= 11 is 3.19. The molecule has 3 aromatic rings. The van der Waals surface area contributed by atoms with Crippen molar-refractivity contribution in [2.24, 2.45) is 4.99 Å². The minimum absolute atomic E-state index is 0.00373. The van der Waals surface area contributed by atoms with E-state index in [4.69, 9.17) is 0 Å². The molecule has 0 unspecified atom stereocenters. The summed E-state index contributed by atoms with van der Waals surface area (Å²) in [6.07, 6.45) is 3.39. The van der Waals surface area contributed by atoms with Crippen molar-refractivity contribution >= 4 is 49.1 Å². The molecule has 0 radical (unpaired) electrons. The number of thiazole rings is 1. The molecule has 160 valence electrons. The molecule has 0 aliphatic carbocycles. The highest BCUT2D eigenvalue weighted by molar-refractivity contribution is 7.98. The third kappa shape index (κ3) is 6.06. The number of hydrogen-bond acceptors (Lipinski definition) is 5. The van der Waals surface area contributed by atoms with E-state index in [-0.39, 0.29) is 30.3 Å². The van der Waals surface area contributed by atoms with E-state index in [2.05, 4.69) is 34.7 Å². The van der Waals surface area contributed by atoms with E-state index in [1.165, 1.54) is 16.2 Å². The van der Waals surface area contributed by atoms with Crippen molar-refractivity contribution in [2.75, 3.05) is 12.0 Å². The fraction of sp³-hybridized carbons (Fsp3) is 0.364. The first-order chi connectivity index (χ1) is 14.4. The predicted molar refractivity (Wildman–Crippen MR) is 126 cm³/mol. The normalized spacial score (nSPS) is 12.5. The number of rotatable bonds is 9. The fourth-order valence-electron chi connectivity index (χ4n) is 3.21. The van der Waals surface area contributed by atoms with Gasteiger partial charge in [0.2, 0.25) is 5.91 Å². The molecule has 5 nitrogen and oxygen atoms in total. The second-order valence-corrected chi connectivity index (χ2v) is 11.1. The summed E-state index contributed by atoms with van der Waals surface area (Å²) in [7, 11) is -3.25. The van der Waals surface area contributed by atoms with E-state index >= 15 is 0 Å². The molecule has 0 saturated heterocycles. The highest BCUT2D eigenvalue weighted by Crippen LogP contribution is 2.24. The lowest BCUT2D eigenvalue weighted by Gasteiger charge is -2.04. The van der Waals surface area contributed by atoms with Gasteiger partial charge in [0.25, 0.3) is 0 Å². The molecule has 0 atom stereocenters. The predicted octanol–water partition coefficient (Wildman–Crippen LogP) is 4.66. The van der Waals surface area contributed by atoms with Gasteiger partial charge >= 0.3 is 0 Å². The van der Waals surface area contributed by atoms with Crippen LogP contribution in [0.3, 0.4) is 0 Å². The van der Waals surface area contributed by atoms with E-state index in [9.17, 15) is 13.2 Å². The summed E-state index contributed by atoms with van der Waals surface area (Å²) in [5, 5.41) is 0. The Labute approximate surface area is 185 Å². The Morgan fingerprint density at radius 2 is 1.93 bits per heavy atom. The molecule has 0 N–H and O–H groups in total. The van der Waals surface area contributed by atoms with E-state index in [1.807, 2.05) is 24.5 Å². The number of aryl methyl sites for hydroxylation is 1. The van der Waals surface area contributed by atoms with Crippen molar-refractivity contribution < 1.29 is 13.2 Å². The van der Waals surface area contributed by atoms with E-state index in [0.717, 1.165) is 28.7 Å². The van der Waals surface area contributed by atoms with Gasteiger partial charge in [0.1, 0.15) is 0 Å². The zero-order chi connectivity index (χ0) is 21.6. The monoisotopic (exact) mass is 462 g/mol. The van der Waals surface area contributed by atoms with E-state index in [0.29, 0.717) is 4.80 Å². The molecule has 8 heteroatoms. The van der Waals surface area contributed by atoms with Gasteiger partial charge in [-0.1, -0.05) is 48.6 Å². The Morgan fingerprint density at radius 3 is 2.63 bits per heavy atom. The topological polar surface area (TPSA) is 68.5 Å². The van der Waals surface area contributed by atoms with Gasteiger partial charge in [-0.15, -0.1) is 11.8 Å². The summed E-state index contributed by atoms with van der Waals surface area (Å²) in [6.45, 7) is 2.88. The van der Waals surface area contributed by atoms with Gasteiger partial charge < -0.3 is 4.57 Å². The van der Waals surface area contributed by atoms with Crippen LogP contribution in [0.5, 0.6) is 0 Å². The van der Waals surface area contributed by atoms with Crippen molar-refractivity contribution in [1.82, 2.24) is 4.57 Å². The summed E-state index contributed by atoms with van der Waals surface area (Å²) in [6, 6.07) is 15.4. The molecule has 0 aliphatic rings. The Bertz CT molecular complexity index is 1180. The number of sulfone groups is 1. The molecule has 0 saturated carbocycles. The molecular weight excluding hydrogens is 436 g/mol. The lowest BCUT2D eigenvalue weighted by Crippen LogP contribution is -2.17. The molecule has 1 amide bonds. The highest BCUT2D eigenvalue weighted by Gasteiger charge is 2.13. The Morgan fingerprint density at radius 1 is 1.17 bits per heavy atom. The third-order valence-corrected chi connectivity index (χ3v) is 8.08. The summed E-state index contributed by atoms with van der Waals surface area (Å²) in [5.41, 5.74) is 1.85. The number of nitrogens with zero attached hydrogens (tertiary/aromatic N) is 2. The molecule has 1 heterocycles. The third-order valence-electron chi connectivity index (χ3n) is 4.63. The first kappa shape index (κ1) is 22.8. The van der Waals surface area contributed by atoms with Gasteiger partial charge in [-0.25, -0.2) is 8.42 Å². The SMILES string of the molecule is CCCn1c(=NC(=O)CCCS(=O)(=O)Cc2ccccc2)sc2cc(SC)ccc21. The van der Waals surface area contributed by atoms with Crippen molar-refractivity contribution in [1.29, 1.82) is 0 Å². The minimum atomic E-state index is -3.25. The molecule has 2 aromatic carbocycles. The van der Waals surface area contributed by atoms with Crippen LogP contribution in [-0.4, -0.2) is 30.9 Å². The van der Waals surface area contributed by atoms with Crippen LogP contribution in [0.15, 0.2) is 58.4 Å². The second kappa shape index (κ2) is 10.4. The van der Waals surface area contributed by atoms with Gasteiger partial charge in [-0.3, -0.25) is 4.79 Å². The zero-order valence-corrected chi connectivity index (χ0v) is 19.7. The fourth-order valence-corrected chi connectivity index (χ4v) is 6.27. The quantitative estimate of drug-likeness (QED) is 0.434. The largest absolute Gasteiger partial charge is 0.316 e. The lowest BCUT2D eigenvalue weighted by molar-refractivity contribution is -0.118. The van der Waals surface area contributed by atoms with Crippen LogP contribution in [0, 0.1) is 0 Å². The second-order valence-electron chi connectivity index (χ2n) is 7.06. The number of hydrogen-bond donors (Lipinski definition) is 0. The maximum Gasteiger partial charge on any atom is 0.248 e. The van der Waals surface area contributed by atoms with E-state index in [1.54, 1.807) is 23.9 Å². The average Bonchev–Trinajstić information content (AvgIpc) is 3.04. The average molecular weight is 463 g/mol. The Kier molecular flexibility index (Phi) is 7.91. The molecule has 1 aromatic heterocycles. The summed E-state index contributed by atoms with van der Waals surface area (Å²) in [4.78, 5) is 18.6. The van der Waals surface area contributed by atoms with Crippen LogP contribution in [0.2, 0.25) is 0 Å². The summed E-state index contributed by atoms with van der Waals surface area (Å²) < 4.78 is 27.8. The Hall–Kier alpha value is -1.90. The van der Waals surface area contributed by atoms with Gasteiger partial charge in [0.05, 0.1) is 21.7 Å². The molecule has 0 aliphatic heterocycles. The number of fused-ring (bicyclic) bond motifs is 1. The standard InChI is InChI=1S/C22H26N2O3S3/c1-3-13-24-19-12-11-18(28-2)15-20(19)29-22(24)23-21(25)10-7-14-30(26,27)16-17-8-5-4-6-9-17/h4-6,8-9,11-12,15H,3,7,10,13-14,16H2,1-2H3. The van der Waals surface area contributed by atoms with Gasteiger partial charge in [0, 0.05) is 17.9 Å². The van der Waals surface area contributed by atoms with Crippen molar-refractivity contribution in [3.05, 3.63) is 58.9 Å². The molecule has 3 rings (SSSR count). The van der Waals surface area contributed by atoms with Crippen LogP contribution < -0.4 is 4.80 Å².